The predicted octanol–water partition coefficient (Wildman–Crippen LogP) is 4.81. The Balaban J connectivity index is -0.00000347. The molecule has 1 aromatic rings. The first-order valence-electron chi connectivity index (χ1n) is 29.1. The molecule has 0 aromatic carbocycles. The van der Waals surface area contributed by atoms with Gasteiger partial charge in [-0.1, -0.05) is 124 Å². The zero-order valence-corrected chi connectivity index (χ0v) is 48.0. The molecule has 78 heavy (non-hydrogen) atoms. The van der Waals surface area contributed by atoms with E-state index in [9.17, 15) is 38.7 Å². The van der Waals surface area contributed by atoms with Crippen LogP contribution in [0.4, 0.5) is 0 Å². The van der Waals surface area contributed by atoms with Crippen molar-refractivity contribution in [2.75, 3.05) is 112 Å². The van der Waals surface area contributed by atoms with Crippen molar-refractivity contribution in [3.05, 3.63) is 18.2 Å². The molecule has 0 radical (unpaired) electrons. The van der Waals surface area contributed by atoms with Gasteiger partial charge in [0.2, 0.25) is 29.5 Å². The van der Waals surface area contributed by atoms with Gasteiger partial charge in [0.15, 0.2) is 5.78 Å². The van der Waals surface area contributed by atoms with Crippen LogP contribution in [0.2, 0.25) is 0 Å². The van der Waals surface area contributed by atoms with E-state index in [1.165, 1.54) is 89.8 Å². The highest BCUT2D eigenvalue weighted by Gasteiger charge is 2.28. The molecule has 0 aliphatic carbocycles. The normalized spacial score (nSPS) is 12.2. The first-order valence-corrected chi connectivity index (χ1v) is 29.1. The molecule has 0 saturated carbocycles. The highest BCUT2D eigenvalue weighted by Crippen LogP contribution is 2.20. The van der Waals surface area contributed by atoms with Gasteiger partial charge in [0.05, 0.1) is 84.4 Å². The fourth-order valence-electron chi connectivity index (χ4n) is 7.74. The van der Waals surface area contributed by atoms with Crippen LogP contribution in [0.1, 0.15) is 171 Å². The van der Waals surface area contributed by atoms with Gasteiger partial charge in [0.1, 0.15) is 25.6 Å². The second kappa shape index (κ2) is 54.5. The number of nitrogens with two attached hydrogens (primary N) is 2. The lowest BCUT2D eigenvalue weighted by Crippen LogP contribution is -2.36. The first-order chi connectivity index (χ1) is 37.9. The summed E-state index contributed by atoms with van der Waals surface area (Å²) in [5, 5.41) is 20.3. The van der Waals surface area contributed by atoms with Crippen LogP contribution < -0.4 is 32.7 Å². The third kappa shape index (κ3) is 47.6. The van der Waals surface area contributed by atoms with Gasteiger partial charge in [-0.3, -0.25) is 33.6 Å². The minimum absolute atomic E-state index is 0. The van der Waals surface area contributed by atoms with E-state index in [0.717, 1.165) is 19.3 Å². The van der Waals surface area contributed by atoms with Crippen molar-refractivity contribution in [3.8, 4) is 0 Å². The number of carbonyl (C=O) groups excluding carboxylic acids is 7. The van der Waals surface area contributed by atoms with Crippen LogP contribution in [0.15, 0.2) is 12.5 Å². The lowest BCUT2D eigenvalue weighted by atomic mass is 9.85. The van der Waals surface area contributed by atoms with E-state index >= 15 is 0 Å². The summed E-state index contributed by atoms with van der Waals surface area (Å²) < 4.78 is 32.1. The van der Waals surface area contributed by atoms with Crippen LogP contribution in [0.3, 0.4) is 0 Å². The Morgan fingerprint density at radius 1 is 0.526 bits per heavy atom. The molecule has 10 N–H and O–H groups in total. The molecule has 22 heteroatoms. The Hall–Kier alpha value is -4.42. The van der Waals surface area contributed by atoms with Crippen molar-refractivity contribution >= 4 is 41.1 Å². The van der Waals surface area contributed by atoms with Crippen LogP contribution in [0, 0.1) is 11.8 Å². The highest BCUT2D eigenvalue weighted by atomic mass is 16.5. The number of amides is 5. The van der Waals surface area contributed by atoms with Gasteiger partial charge in [0, 0.05) is 72.5 Å². The summed E-state index contributed by atoms with van der Waals surface area (Å²) in [5.74, 6) is -4.17. The average molecular weight is 1120 g/mol. The second-order valence-corrected chi connectivity index (χ2v) is 19.4. The number of primary amides is 1. The highest BCUT2D eigenvalue weighted by molar-refractivity contribution is 5.92. The number of imidazole rings is 1. The first kappa shape index (κ1) is 73.6. The molecule has 0 spiro atoms. The summed E-state index contributed by atoms with van der Waals surface area (Å²) in [6, 6.07) is -0.855. The number of nitrogens with one attached hydrogen (secondary N) is 5. The van der Waals surface area contributed by atoms with E-state index in [1.807, 2.05) is 0 Å². The van der Waals surface area contributed by atoms with E-state index in [0.29, 0.717) is 57.7 Å². The summed E-state index contributed by atoms with van der Waals surface area (Å²) in [4.78, 5) is 92.0. The third-order valence-corrected chi connectivity index (χ3v) is 12.4. The molecule has 1 heterocycles. The maximum Gasteiger partial charge on any atom is 0.246 e. The number of aliphatic hydroxyl groups is 1. The number of ether oxygens (including phenoxy) is 6. The fourth-order valence-corrected chi connectivity index (χ4v) is 7.74. The fraction of sp³-hybridized carbons (Fsp3) is 0.821. The number of aromatic nitrogens is 2. The van der Waals surface area contributed by atoms with Gasteiger partial charge >= 0.3 is 0 Å². The van der Waals surface area contributed by atoms with Gasteiger partial charge in [-0.05, 0) is 19.3 Å². The number of ketones is 2. The number of aromatic amines is 1. The SMILES string of the molecule is CCCCCCCC(=O)NCCOCCOCC(=O)NCCOCCOCC(=O)NCCOCCOCC(=O)NCCCC[C@H](CC(=O)[C@@H](N)Cc1cnc[nH]1)C(=O)C[C@@H](CO)C(N)=O.CCCCCCCCCCCCC.[HH].[HH]. The number of nitrogens with zero attached hydrogens (tertiary/aromatic N) is 1. The van der Waals surface area contributed by atoms with E-state index in [2.05, 4.69) is 52.0 Å². The Morgan fingerprint density at radius 3 is 1.36 bits per heavy atom. The summed E-state index contributed by atoms with van der Waals surface area (Å²) >= 11 is 0. The topological polar surface area (TPSA) is 324 Å². The Morgan fingerprint density at radius 2 is 0.936 bits per heavy atom. The number of H-pyrrole nitrogens is 1. The van der Waals surface area contributed by atoms with Crippen LogP contribution >= 0.6 is 0 Å². The average Bonchev–Trinajstić information content (AvgIpc) is 3.94. The largest absolute Gasteiger partial charge is 0.396 e. The molecule has 22 nitrogen and oxygen atoms in total. The van der Waals surface area contributed by atoms with E-state index in [-0.39, 0.29) is 136 Å². The van der Waals surface area contributed by atoms with Crippen molar-refractivity contribution in [1.82, 2.24) is 31.2 Å². The summed E-state index contributed by atoms with van der Waals surface area (Å²) in [6.07, 6.45) is 26.2. The molecular formula is C56H108N8O14. The van der Waals surface area contributed by atoms with Crippen LogP contribution in [-0.2, 0) is 68.4 Å². The van der Waals surface area contributed by atoms with Gasteiger partial charge in [0.25, 0.3) is 0 Å². The summed E-state index contributed by atoms with van der Waals surface area (Å²) in [5.41, 5.74) is 12.0. The smallest absolute Gasteiger partial charge is 0.246 e. The van der Waals surface area contributed by atoms with Crippen molar-refractivity contribution in [3.63, 3.8) is 0 Å². The van der Waals surface area contributed by atoms with Gasteiger partial charge in [-0.2, -0.15) is 0 Å². The molecule has 1 rings (SSSR count). The lowest BCUT2D eigenvalue weighted by molar-refractivity contribution is -0.132. The molecule has 3 atom stereocenters. The maximum absolute atomic E-state index is 13.0. The van der Waals surface area contributed by atoms with E-state index < -0.39 is 30.4 Å². The van der Waals surface area contributed by atoms with E-state index in [1.54, 1.807) is 6.20 Å². The third-order valence-electron chi connectivity index (χ3n) is 12.4. The van der Waals surface area contributed by atoms with Gasteiger partial charge < -0.3 is 71.2 Å². The lowest BCUT2D eigenvalue weighted by Gasteiger charge is -2.19. The molecular weight excluding hydrogens is 1010 g/mol. The maximum atomic E-state index is 13.0. The Labute approximate surface area is 469 Å². The zero-order valence-electron chi connectivity index (χ0n) is 48.0. The van der Waals surface area contributed by atoms with Crippen molar-refractivity contribution in [2.45, 2.75) is 174 Å². The molecule has 0 unspecified atom stereocenters. The number of Topliss-reactive ketones (excluding diaryl/α,β-unsaturated/α-hetero) is 2. The monoisotopic (exact) mass is 1120 g/mol. The molecule has 0 aliphatic heterocycles. The van der Waals surface area contributed by atoms with Crippen molar-refractivity contribution in [2.24, 2.45) is 23.3 Å². The van der Waals surface area contributed by atoms with Crippen molar-refractivity contribution in [1.29, 1.82) is 0 Å². The number of aliphatic hydroxyl groups excluding tert-OH is 1. The molecule has 1 aromatic heterocycles. The predicted molar refractivity (Wildman–Crippen MR) is 303 cm³/mol. The Kier molecular flexibility index (Phi) is 51.4. The van der Waals surface area contributed by atoms with Gasteiger partial charge in [-0.15, -0.1) is 0 Å². The Bertz CT molecular complexity index is 1650. The van der Waals surface area contributed by atoms with Crippen LogP contribution in [0.5, 0.6) is 0 Å². The second-order valence-electron chi connectivity index (χ2n) is 19.4. The molecule has 0 fully saturated rings. The van der Waals surface area contributed by atoms with Crippen LogP contribution in [-0.4, -0.2) is 174 Å². The molecule has 0 aliphatic rings. The number of unbranched alkanes of at least 4 members (excludes halogenated alkanes) is 15. The number of hydrogen-bond acceptors (Lipinski definition) is 16. The number of carbonyl (C=O) groups is 7. The number of rotatable bonds is 55. The van der Waals surface area contributed by atoms with Crippen LogP contribution in [0.25, 0.3) is 0 Å². The minimum Gasteiger partial charge on any atom is -0.396 e. The zero-order chi connectivity index (χ0) is 57.5. The molecule has 0 saturated heterocycles. The summed E-state index contributed by atoms with van der Waals surface area (Å²) in [6.45, 7) is 9.19. The molecule has 456 valence electrons. The minimum atomic E-state index is -1.05. The van der Waals surface area contributed by atoms with Gasteiger partial charge in [-0.25, -0.2) is 4.98 Å². The quantitative estimate of drug-likeness (QED) is 0.0406. The summed E-state index contributed by atoms with van der Waals surface area (Å²) in [7, 11) is 0. The molecule has 0 bridgehead atoms. The standard InChI is InChI=1S/C43H76N8O14.C13H28.2H2/c1-2-3-4-5-6-10-39(55)48-12-15-60-18-22-64-30-41(57)50-14-17-62-20-23-65-31-42(58)49-13-16-61-19-21-63-29-40(56)47-11-8-7-9-33(37(53)25-34(28-52)43(45)59)24-38(54)36(44)26-35-27-46-32-51-35;1-3-5-7-9-11-13-12-10-8-6-4-2;;/h27,32-34,36,52H,2-26,28-31,44H2,1H3,(H2,45,59)(H,46,51)(H,47,56)(H,48,55)(H,49,58)(H,50,57);3-13H2,1-2H3;2*1H/t33-,34+,36+;;;/m1.../s1. The number of hydrogen-bond donors (Lipinski definition) is 8. The molecule has 5 amide bonds. The van der Waals surface area contributed by atoms with Crippen molar-refractivity contribution < 1.29 is 69.9 Å². The van der Waals surface area contributed by atoms with E-state index in [4.69, 9.17) is 39.9 Å².